The van der Waals surface area contributed by atoms with Crippen LogP contribution in [0.4, 0.5) is 0 Å². The van der Waals surface area contributed by atoms with Crippen LogP contribution in [0.3, 0.4) is 0 Å². The fraction of sp³-hybridized carbons (Fsp3) is 0.614. The number of ether oxygens (including phenoxy) is 1. The van der Waals surface area contributed by atoms with Crippen molar-refractivity contribution in [1.29, 1.82) is 0 Å². The van der Waals surface area contributed by atoms with Gasteiger partial charge < -0.3 is 116 Å². The third kappa shape index (κ3) is 33.6. The molecule has 111 heavy (non-hydrogen) atoms. The number of carbonyl (C=O) groups excluding carboxylic acids is 15. The molecule has 1 aromatic heterocycles. The van der Waals surface area contributed by atoms with Crippen LogP contribution in [0.2, 0.25) is 0 Å². The summed E-state index contributed by atoms with van der Waals surface area (Å²) >= 11 is 0. The molecule has 14 atom stereocenters. The second-order valence-corrected chi connectivity index (χ2v) is 27.5. The quantitative estimate of drug-likeness (QED) is 0.0227. The van der Waals surface area contributed by atoms with Crippen LogP contribution in [-0.4, -0.2) is 242 Å². The summed E-state index contributed by atoms with van der Waals surface area (Å²) in [6.45, 7) is 6.66. The molecule has 23 N–H and O–H groups in total. The zero-order chi connectivity index (χ0) is 83.4. The van der Waals surface area contributed by atoms with Crippen molar-refractivity contribution in [3.8, 4) is 0 Å². The van der Waals surface area contributed by atoms with Gasteiger partial charge in [0.1, 0.15) is 72.6 Å². The summed E-state index contributed by atoms with van der Waals surface area (Å²) in [5.74, 6) is -27.7. The summed E-state index contributed by atoms with van der Waals surface area (Å²) in [6, 6.07) is -14.5. The van der Waals surface area contributed by atoms with Crippen LogP contribution in [0.5, 0.6) is 0 Å². The Morgan fingerprint density at radius 1 is 0.550 bits per heavy atom. The number of aliphatic hydroxyl groups excluding tert-OH is 1. The third-order valence-corrected chi connectivity index (χ3v) is 17.8. The standard InChI is InChI=1S/C70H106N16O25/c1-8-35(4)58-70(110)111-38(7)59(86-66(106)47(29-56(98)99)83-65(105)44(26-49(72)88)81-64(104)43(25-39-30-73-41-20-16-15-19-40(39)41)78-50(89)22-14-12-10-9-11-13-18-34(2)3)68(108)75-32-51(90)77-42(21-17-23-71)62(102)82-46(28-55(96)97)63(103)76-37(6)60(100)80-45(27-54(94)95)61(101)74-31-52(91)79-48(33-87)67(107)84-57(69(109)85-58)36(5)24-53(92)93/h15-16,19-20,30,34-38,42-48,57-59,73,87H,8-14,17-18,21-29,31-33,71H2,1-7H3,(H2,72,88)(H,74,101)(H,75,108)(H,76,103)(H,77,90)(H,78,89)(H,79,91)(H,80,100)(H,81,104)(H,82,102)(H,83,105)(H,84,107)(H,85,109)(H,86,106)(H,92,93)(H,94,95)(H,96,97)(H,98,99). The van der Waals surface area contributed by atoms with E-state index in [1.54, 1.807) is 30.5 Å². The summed E-state index contributed by atoms with van der Waals surface area (Å²) in [4.78, 5) is 260. The summed E-state index contributed by atoms with van der Waals surface area (Å²) < 4.78 is 5.73. The van der Waals surface area contributed by atoms with Gasteiger partial charge in [-0.05, 0) is 69.0 Å². The Balaban J connectivity index is 2.19. The van der Waals surface area contributed by atoms with E-state index in [0.29, 0.717) is 35.2 Å². The minimum absolute atomic E-state index is 0.00183. The van der Waals surface area contributed by atoms with Crippen LogP contribution in [-0.2, 0) is 102 Å². The van der Waals surface area contributed by atoms with E-state index in [0.717, 1.165) is 46.0 Å². The van der Waals surface area contributed by atoms with Crippen molar-refractivity contribution < 1.29 is 121 Å². The highest BCUT2D eigenvalue weighted by atomic mass is 16.5. The Bertz CT molecular complexity index is 3650. The lowest BCUT2D eigenvalue weighted by Crippen LogP contribution is -2.62. The highest BCUT2D eigenvalue weighted by Gasteiger charge is 2.41. The molecule has 0 saturated carbocycles. The number of hydrogen-bond acceptors (Lipinski definition) is 22. The molecule has 1 aromatic carbocycles. The molecule has 2 aromatic rings. The van der Waals surface area contributed by atoms with Crippen molar-refractivity contribution in [2.45, 2.75) is 230 Å². The van der Waals surface area contributed by atoms with Gasteiger partial charge >= 0.3 is 29.8 Å². The van der Waals surface area contributed by atoms with E-state index < -0.39 is 249 Å². The number of aliphatic hydroxyl groups is 1. The molecule has 41 heteroatoms. The summed E-state index contributed by atoms with van der Waals surface area (Å²) in [7, 11) is 0. The van der Waals surface area contributed by atoms with Crippen molar-refractivity contribution in [1.82, 2.24) is 74.1 Å². The molecule has 1 aliphatic rings. The molecule has 1 aliphatic heterocycles. The Kier molecular flexibility index (Phi) is 40.2. The van der Waals surface area contributed by atoms with Gasteiger partial charge in [0.05, 0.1) is 51.8 Å². The number of rotatable bonds is 35. The van der Waals surface area contributed by atoms with Crippen molar-refractivity contribution in [2.24, 2.45) is 29.2 Å². The predicted molar refractivity (Wildman–Crippen MR) is 389 cm³/mol. The van der Waals surface area contributed by atoms with Gasteiger partial charge in [0.2, 0.25) is 82.7 Å². The zero-order valence-corrected chi connectivity index (χ0v) is 63.0. The number of aromatic amines is 1. The highest BCUT2D eigenvalue weighted by molar-refractivity contribution is 6.02. The first-order valence-corrected chi connectivity index (χ1v) is 36.4. The molecule has 14 amide bonds. The lowest BCUT2D eigenvalue weighted by atomic mass is 9.94. The Hall–Kier alpha value is -11.4. The first-order valence-electron chi connectivity index (χ1n) is 36.4. The molecule has 3 rings (SSSR count). The third-order valence-electron chi connectivity index (χ3n) is 17.8. The van der Waals surface area contributed by atoms with Crippen molar-refractivity contribution in [2.75, 3.05) is 26.2 Å². The number of esters is 1. The molecule has 14 unspecified atom stereocenters. The summed E-state index contributed by atoms with van der Waals surface area (Å²) in [5.41, 5.74) is 12.5. The average molecular weight is 1570 g/mol. The van der Waals surface area contributed by atoms with Crippen LogP contribution in [0.25, 0.3) is 10.9 Å². The second kappa shape index (κ2) is 47.5. The maximum Gasteiger partial charge on any atom is 0.329 e. The number of unbranched alkanes of at least 4 members (excludes halogenated alkanes) is 5. The number of nitrogens with two attached hydrogens (primary N) is 2. The molecule has 2 heterocycles. The van der Waals surface area contributed by atoms with E-state index in [4.69, 9.17) is 16.2 Å². The first kappa shape index (κ1) is 93.8. The maximum atomic E-state index is 14.7. The molecular weight excluding hydrogens is 1460 g/mol. The largest absolute Gasteiger partial charge is 0.481 e. The first-order chi connectivity index (χ1) is 52.3. The molecule has 616 valence electrons. The summed E-state index contributed by atoms with van der Waals surface area (Å²) in [6.07, 6.45) is -0.428. The number of H-pyrrole nitrogens is 1. The van der Waals surface area contributed by atoms with Gasteiger partial charge in [-0.2, -0.15) is 0 Å². The molecular formula is C70H106N16O25. The van der Waals surface area contributed by atoms with Gasteiger partial charge in [-0.15, -0.1) is 0 Å². The number of hydrogen-bond donors (Lipinski definition) is 21. The predicted octanol–water partition coefficient (Wildman–Crippen LogP) is -4.79. The Morgan fingerprint density at radius 3 is 1.66 bits per heavy atom. The lowest BCUT2D eigenvalue weighted by Gasteiger charge is -2.31. The second-order valence-electron chi connectivity index (χ2n) is 27.5. The maximum absolute atomic E-state index is 14.7. The van der Waals surface area contributed by atoms with Crippen molar-refractivity contribution >= 4 is 123 Å². The SMILES string of the molecule is CCC(C)C1NC(=O)C(C(C)CC(=O)O)NC(=O)C(CO)NC(=O)CNC(=O)C(CC(=O)O)NC(=O)C(C)NC(=O)C(CC(=O)O)NC(=O)C(CCCN)NC(=O)CNC(=O)C(NC(=O)C(CC(=O)O)NC(=O)C(CC(N)=O)NC(=O)C(Cc2c[nH]c3ccccc23)NC(=O)CCCCCCCCC(C)C)C(C)OC1=O. The van der Waals surface area contributed by atoms with E-state index >= 15 is 0 Å². The van der Waals surface area contributed by atoms with E-state index in [9.17, 15) is 117 Å². The molecule has 0 aliphatic carbocycles. The Labute approximate surface area is 638 Å². The van der Waals surface area contributed by atoms with Crippen LogP contribution < -0.4 is 80.6 Å². The van der Waals surface area contributed by atoms with E-state index in [1.165, 1.54) is 20.8 Å². The zero-order valence-electron chi connectivity index (χ0n) is 63.0. The van der Waals surface area contributed by atoms with Crippen LogP contribution >= 0.6 is 0 Å². The van der Waals surface area contributed by atoms with Crippen molar-refractivity contribution in [3.05, 3.63) is 36.0 Å². The molecule has 41 nitrogen and oxygen atoms in total. The number of carboxylic acids is 4. The van der Waals surface area contributed by atoms with Crippen LogP contribution in [0.15, 0.2) is 30.5 Å². The number of aromatic nitrogens is 1. The van der Waals surface area contributed by atoms with Gasteiger partial charge in [-0.1, -0.05) is 97.8 Å². The number of fused-ring (bicyclic) bond motifs is 1. The monoisotopic (exact) mass is 1570 g/mol. The average Bonchev–Trinajstić information content (AvgIpc) is 1.75. The van der Waals surface area contributed by atoms with Crippen LogP contribution in [0, 0.1) is 17.8 Å². The van der Waals surface area contributed by atoms with Gasteiger partial charge in [0, 0.05) is 29.9 Å². The number of aliphatic carboxylic acids is 4. The number of primary amides is 1. The minimum atomic E-state index is -2.31. The topological polar surface area (TPSA) is 659 Å². The molecule has 1 saturated heterocycles. The molecule has 0 radical (unpaired) electrons. The fourth-order valence-electron chi connectivity index (χ4n) is 11.4. The van der Waals surface area contributed by atoms with Gasteiger partial charge in [-0.3, -0.25) is 86.3 Å². The molecule has 0 bridgehead atoms. The van der Waals surface area contributed by atoms with Gasteiger partial charge in [-0.25, -0.2) is 4.79 Å². The van der Waals surface area contributed by atoms with E-state index in [-0.39, 0.29) is 38.6 Å². The van der Waals surface area contributed by atoms with Crippen LogP contribution in [0.1, 0.15) is 157 Å². The number of nitrogens with one attached hydrogen (secondary N) is 14. The van der Waals surface area contributed by atoms with E-state index in [1.807, 2.05) is 16.0 Å². The van der Waals surface area contributed by atoms with Gasteiger partial charge in [0.25, 0.3) is 0 Å². The molecule has 1 fully saturated rings. The smallest absolute Gasteiger partial charge is 0.329 e. The van der Waals surface area contributed by atoms with Gasteiger partial charge in [0.15, 0.2) is 0 Å². The fourth-order valence-corrected chi connectivity index (χ4v) is 11.4. The number of cyclic esters (lactones) is 1. The number of para-hydroxylation sites is 1. The minimum Gasteiger partial charge on any atom is -0.481 e. The number of carbonyl (C=O) groups is 19. The lowest BCUT2D eigenvalue weighted by molar-refractivity contribution is -0.158. The summed E-state index contributed by atoms with van der Waals surface area (Å²) in [5, 5.41) is 79.0. The normalized spacial score (nSPS) is 21.9. The number of carboxylic acid groups (broad SMARTS) is 4. The van der Waals surface area contributed by atoms with Crippen molar-refractivity contribution in [3.63, 3.8) is 0 Å². The van der Waals surface area contributed by atoms with E-state index in [2.05, 4.69) is 72.0 Å². The number of amides is 14. The molecule has 0 spiro atoms. The number of benzene rings is 1. The highest BCUT2D eigenvalue weighted by Crippen LogP contribution is 2.21. The Morgan fingerprint density at radius 2 is 1.08 bits per heavy atom.